The predicted octanol–water partition coefficient (Wildman–Crippen LogP) is 2.25. The molecule has 1 aromatic rings. The summed E-state index contributed by atoms with van der Waals surface area (Å²) < 4.78 is 17.5. The van der Waals surface area contributed by atoms with Crippen LogP contribution in [0.5, 0.6) is 0 Å². The van der Waals surface area contributed by atoms with Crippen LogP contribution >= 0.6 is 0 Å². The molecule has 0 aliphatic rings. The third kappa shape index (κ3) is 7.55. The van der Waals surface area contributed by atoms with E-state index < -0.39 is 6.48 Å². The molecule has 0 saturated carbocycles. The standard InChI is InChI=1S/C13H19FO3Si/c14-12-8-5-7-11(10-12)6-3-1-2-4-9-18-17-13(15)16/h5,7-8,10,13,15-16H,1-4,6,9H2. The summed E-state index contributed by atoms with van der Waals surface area (Å²) >= 11 is 0. The van der Waals surface area contributed by atoms with Crippen LogP contribution in [0.4, 0.5) is 4.39 Å². The minimum absolute atomic E-state index is 0.146. The smallest absolute Gasteiger partial charge is 0.256 e. The van der Waals surface area contributed by atoms with Gasteiger partial charge in [-0.15, -0.1) is 0 Å². The summed E-state index contributed by atoms with van der Waals surface area (Å²) in [5, 5.41) is 16.9. The zero-order valence-corrected chi connectivity index (χ0v) is 11.3. The summed E-state index contributed by atoms with van der Waals surface area (Å²) in [6.07, 6.45) is 5.17. The van der Waals surface area contributed by atoms with E-state index in [0.717, 1.165) is 43.7 Å². The van der Waals surface area contributed by atoms with Crippen molar-refractivity contribution in [2.24, 2.45) is 0 Å². The SMILES string of the molecule is OC(O)O[Si]CCCCCCc1cccc(F)c1. The van der Waals surface area contributed by atoms with Crippen LogP contribution in [-0.4, -0.2) is 26.5 Å². The van der Waals surface area contributed by atoms with E-state index in [1.807, 2.05) is 6.07 Å². The lowest BCUT2D eigenvalue weighted by atomic mass is 10.1. The maximum Gasteiger partial charge on any atom is 0.256 e. The van der Waals surface area contributed by atoms with Gasteiger partial charge in [-0.05, 0) is 36.6 Å². The van der Waals surface area contributed by atoms with Gasteiger partial charge in [0.25, 0.3) is 6.48 Å². The molecule has 5 heteroatoms. The van der Waals surface area contributed by atoms with E-state index >= 15 is 0 Å². The highest BCUT2D eigenvalue weighted by Crippen LogP contribution is 2.10. The molecular formula is C13H19FO3Si. The fraction of sp³-hybridized carbons (Fsp3) is 0.538. The Labute approximate surface area is 110 Å². The fourth-order valence-electron chi connectivity index (χ4n) is 1.71. The summed E-state index contributed by atoms with van der Waals surface area (Å²) in [6, 6.07) is 7.58. The van der Waals surface area contributed by atoms with Crippen molar-refractivity contribution in [3.8, 4) is 0 Å². The molecule has 0 aromatic heterocycles. The van der Waals surface area contributed by atoms with Crippen molar-refractivity contribution in [1.82, 2.24) is 0 Å². The molecule has 0 bridgehead atoms. The Hall–Kier alpha value is -0.753. The average Bonchev–Trinajstić information content (AvgIpc) is 2.32. The van der Waals surface area contributed by atoms with E-state index in [1.165, 1.54) is 6.07 Å². The number of aryl methyl sites for hydroxylation is 1. The van der Waals surface area contributed by atoms with Crippen molar-refractivity contribution < 1.29 is 19.0 Å². The monoisotopic (exact) mass is 270 g/mol. The van der Waals surface area contributed by atoms with Crippen molar-refractivity contribution in [1.29, 1.82) is 0 Å². The van der Waals surface area contributed by atoms with Gasteiger partial charge in [0.15, 0.2) is 0 Å². The molecule has 0 unspecified atom stereocenters. The van der Waals surface area contributed by atoms with Gasteiger partial charge in [-0.3, -0.25) is 0 Å². The van der Waals surface area contributed by atoms with Crippen LogP contribution in [0, 0.1) is 5.82 Å². The number of aliphatic hydroxyl groups is 2. The van der Waals surface area contributed by atoms with Gasteiger partial charge in [-0.1, -0.05) is 31.4 Å². The number of unbranched alkanes of at least 4 members (excludes halogenated alkanes) is 3. The first kappa shape index (κ1) is 15.3. The molecule has 0 fully saturated rings. The minimum Gasteiger partial charge on any atom is -0.372 e. The Balaban J connectivity index is 1.96. The lowest BCUT2D eigenvalue weighted by molar-refractivity contribution is -0.180. The second kappa shape index (κ2) is 9.21. The van der Waals surface area contributed by atoms with Gasteiger partial charge in [0.1, 0.15) is 5.82 Å². The Kier molecular flexibility index (Phi) is 7.83. The molecule has 0 heterocycles. The topological polar surface area (TPSA) is 49.7 Å². The molecule has 0 aliphatic carbocycles. The van der Waals surface area contributed by atoms with Gasteiger partial charge >= 0.3 is 0 Å². The zero-order valence-electron chi connectivity index (χ0n) is 10.3. The molecule has 0 spiro atoms. The Bertz CT molecular complexity index is 334. The van der Waals surface area contributed by atoms with Crippen LogP contribution in [0.3, 0.4) is 0 Å². The summed E-state index contributed by atoms with van der Waals surface area (Å²) in [5.74, 6) is -0.173. The lowest BCUT2D eigenvalue weighted by Crippen LogP contribution is -2.12. The van der Waals surface area contributed by atoms with Crippen LogP contribution in [0.2, 0.25) is 6.04 Å². The molecule has 0 atom stereocenters. The normalized spacial score (nSPS) is 11.1. The third-order valence-electron chi connectivity index (χ3n) is 2.57. The molecule has 3 nitrogen and oxygen atoms in total. The Morgan fingerprint density at radius 1 is 1.17 bits per heavy atom. The maximum atomic E-state index is 12.9. The summed E-state index contributed by atoms with van der Waals surface area (Å²) in [5.41, 5.74) is 1.05. The van der Waals surface area contributed by atoms with E-state index in [1.54, 1.807) is 12.1 Å². The second-order valence-electron chi connectivity index (χ2n) is 4.13. The van der Waals surface area contributed by atoms with Crippen LogP contribution in [-0.2, 0) is 10.8 Å². The molecular weight excluding hydrogens is 251 g/mol. The summed E-state index contributed by atoms with van der Waals surface area (Å²) in [7, 11) is 0.146. The fourth-order valence-corrected chi connectivity index (χ4v) is 2.37. The number of halogens is 1. The summed E-state index contributed by atoms with van der Waals surface area (Å²) in [4.78, 5) is 0. The molecule has 100 valence electrons. The Morgan fingerprint density at radius 2 is 1.94 bits per heavy atom. The van der Waals surface area contributed by atoms with Gasteiger partial charge in [0.2, 0.25) is 9.76 Å². The predicted molar refractivity (Wildman–Crippen MR) is 68.4 cm³/mol. The van der Waals surface area contributed by atoms with E-state index in [4.69, 9.17) is 10.2 Å². The minimum atomic E-state index is -1.64. The first-order valence-corrected chi connectivity index (χ1v) is 7.29. The van der Waals surface area contributed by atoms with E-state index in [0.29, 0.717) is 0 Å². The highest BCUT2D eigenvalue weighted by atomic mass is 28.2. The quantitative estimate of drug-likeness (QED) is 0.411. The molecule has 18 heavy (non-hydrogen) atoms. The van der Waals surface area contributed by atoms with Crippen LogP contribution in [0.1, 0.15) is 31.2 Å². The lowest BCUT2D eigenvalue weighted by Gasteiger charge is -2.04. The Morgan fingerprint density at radius 3 is 2.67 bits per heavy atom. The van der Waals surface area contributed by atoms with Gasteiger partial charge in [-0.25, -0.2) is 4.39 Å². The number of rotatable bonds is 9. The average molecular weight is 270 g/mol. The number of benzene rings is 1. The zero-order chi connectivity index (χ0) is 13.2. The first-order valence-electron chi connectivity index (χ1n) is 6.17. The van der Waals surface area contributed by atoms with Crippen molar-refractivity contribution in [2.45, 2.75) is 44.6 Å². The van der Waals surface area contributed by atoms with Crippen LogP contribution in [0.15, 0.2) is 24.3 Å². The molecule has 2 N–H and O–H groups in total. The van der Waals surface area contributed by atoms with E-state index in [-0.39, 0.29) is 15.6 Å². The van der Waals surface area contributed by atoms with Crippen molar-refractivity contribution in [2.75, 3.05) is 0 Å². The van der Waals surface area contributed by atoms with Gasteiger partial charge < -0.3 is 14.6 Å². The van der Waals surface area contributed by atoms with Crippen molar-refractivity contribution in [3.05, 3.63) is 35.6 Å². The molecule has 0 amide bonds. The van der Waals surface area contributed by atoms with E-state index in [2.05, 4.69) is 4.43 Å². The third-order valence-corrected chi connectivity index (χ3v) is 3.51. The van der Waals surface area contributed by atoms with Gasteiger partial charge in [0, 0.05) is 0 Å². The molecule has 2 radical (unpaired) electrons. The molecule has 0 aliphatic heterocycles. The number of hydrogen-bond donors (Lipinski definition) is 2. The number of aliphatic hydroxyl groups excluding tert-OH is 1. The van der Waals surface area contributed by atoms with Gasteiger partial charge in [-0.2, -0.15) is 0 Å². The summed E-state index contributed by atoms with van der Waals surface area (Å²) in [6.45, 7) is -1.64. The van der Waals surface area contributed by atoms with Crippen LogP contribution < -0.4 is 0 Å². The molecule has 1 aromatic carbocycles. The highest BCUT2D eigenvalue weighted by molar-refractivity contribution is 6.26. The van der Waals surface area contributed by atoms with Crippen LogP contribution in [0.25, 0.3) is 0 Å². The van der Waals surface area contributed by atoms with Crippen molar-refractivity contribution >= 4 is 9.76 Å². The number of hydrogen-bond acceptors (Lipinski definition) is 3. The second-order valence-corrected chi connectivity index (χ2v) is 5.16. The molecule has 0 saturated heterocycles. The maximum absolute atomic E-state index is 12.9. The first-order chi connectivity index (χ1) is 8.68. The molecule has 1 rings (SSSR count). The van der Waals surface area contributed by atoms with Crippen molar-refractivity contribution in [3.63, 3.8) is 0 Å². The largest absolute Gasteiger partial charge is 0.372 e. The van der Waals surface area contributed by atoms with Gasteiger partial charge in [0.05, 0.1) is 0 Å². The highest BCUT2D eigenvalue weighted by Gasteiger charge is 1.99. The van der Waals surface area contributed by atoms with E-state index in [9.17, 15) is 4.39 Å².